The van der Waals surface area contributed by atoms with Gasteiger partial charge in [-0.3, -0.25) is 9.80 Å². The summed E-state index contributed by atoms with van der Waals surface area (Å²) >= 11 is 0. The maximum absolute atomic E-state index is 10.2. The average Bonchev–Trinajstić information content (AvgIpc) is 3.01. The molecule has 1 aliphatic rings. The van der Waals surface area contributed by atoms with Gasteiger partial charge in [-0.05, 0) is 19.1 Å². The number of aromatic nitrogens is 2. The number of aryl methyl sites for hydroxylation is 2. The van der Waals surface area contributed by atoms with Gasteiger partial charge in [-0.15, -0.1) is 0 Å². The minimum atomic E-state index is -0.470. The zero-order valence-corrected chi connectivity index (χ0v) is 15.1. The van der Waals surface area contributed by atoms with Crippen LogP contribution < -0.4 is 4.74 Å². The molecule has 6 nitrogen and oxygen atoms in total. The molecule has 1 atom stereocenters. The maximum atomic E-state index is 10.2. The van der Waals surface area contributed by atoms with Gasteiger partial charge in [0.05, 0.1) is 6.54 Å². The van der Waals surface area contributed by atoms with Crippen molar-refractivity contribution in [2.75, 3.05) is 39.3 Å². The molecule has 6 heteroatoms. The lowest BCUT2D eigenvalue weighted by Crippen LogP contribution is -2.49. The van der Waals surface area contributed by atoms with Crippen molar-refractivity contribution in [2.24, 2.45) is 7.05 Å². The largest absolute Gasteiger partial charge is 0.491 e. The van der Waals surface area contributed by atoms with Crippen molar-refractivity contribution >= 4 is 0 Å². The van der Waals surface area contributed by atoms with E-state index >= 15 is 0 Å². The van der Waals surface area contributed by atoms with E-state index in [2.05, 4.69) is 19.4 Å². The molecule has 2 heterocycles. The SMILES string of the molecule is Cc1ccc(OCC(O)CN2CCN(Cc3nccn3C)CC2)cc1. The van der Waals surface area contributed by atoms with Gasteiger partial charge < -0.3 is 14.4 Å². The topological polar surface area (TPSA) is 53.8 Å². The second-order valence-electron chi connectivity index (χ2n) is 6.81. The molecule has 0 amide bonds. The number of hydrogen-bond acceptors (Lipinski definition) is 5. The van der Waals surface area contributed by atoms with Gasteiger partial charge in [0, 0.05) is 52.2 Å². The van der Waals surface area contributed by atoms with Gasteiger partial charge in [-0.1, -0.05) is 17.7 Å². The summed E-state index contributed by atoms with van der Waals surface area (Å²) in [5, 5.41) is 10.2. The monoisotopic (exact) mass is 344 g/mol. The number of nitrogens with zero attached hydrogens (tertiary/aromatic N) is 4. The Hall–Kier alpha value is -1.89. The predicted molar refractivity (Wildman–Crippen MR) is 97.6 cm³/mol. The molecular formula is C19H28N4O2. The fourth-order valence-corrected chi connectivity index (χ4v) is 3.06. The zero-order chi connectivity index (χ0) is 17.6. The summed E-state index contributed by atoms with van der Waals surface area (Å²) in [6.45, 7) is 7.84. The fraction of sp³-hybridized carbons (Fsp3) is 0.526. The Kier molecular flexibility index (Phi) is 6.07. The van der Waals surface area contributed by atoms with Crippen molar-refractivity contribution in [1.82, 2.24) is 19.4 Å². The Balaban J connectivity index is 1.36. The van der Waals surface area contributed by atoms with Crippen molar-refractivity contribution in [3.63, 3.8) is 0 Å². The number of aliphatic hydroxyl groups is 1. The van der Waals surface area contributed by atoms with E-state index in [1.54, 1.807) is 0 Å². The van der Waals surface area contributed by atoms with E-state index in [4.69, 9.17) is 4.74 Å². The Morgan fingerprint density at radius 2 is 1.80 bits per heavy atom. The van der Waals surface area contributed by atoms with Crippen LogP contribution in [0.1, 0.15) is 11.4 Å². The highest BCUT2D eigenvalue weighted by Gasteiger charge is 2.20. The second-order valence-corrected chi connectivity index (χ2v) is 6.81. The van der Waals surface area contributed by atoms with Crippen LogP contribution in [0.4, 0.5) is 0 Å². The van der Waals surface area contributed by atoms with Gasteiger partial charge in [0.15, 0.2) is 0 Å². The normalized spacial score (nSPS) is 17.6. The minimum Gasteiger partial charge on any atom is -0.491 e. The summed E-state index contributed by atoms with van der Waals surface area (Å²) in [7, 11) is 2.03. The lowest BCUT2D eigenvalue weighted by Gasteiger charge is -2.35. The van der Waals surface area contributed by atoms with Gasteiger partial charge in [0.25, 0.3) is 0 Å². The smallest absolute Gasteiger partial charge is 0.122 e. The molecule has 0 aliphatic carbocycles. The molecule has 1 unspecified atom stereocenters. The standard InChI is InChI=1S/C19H28N4O2/c1-16-3-5-18(6-4-16)25-15-17(24)13-22-9-11-23(12-10-22)14-19-20-7-8-21(19)2/h3-8,17,24H,9-15H2,1-2H3. The number of benzene rings is 1. The lowest BCUT2D eigenvalue weighted by molar-refractivity contribution is 0.0440. The molecule has 136 valence electrons. The van der Waals surface area contributed by atoms with Crippen LogP contribution in [0, 0.1) is 6.92 Å². The molecule has 1 N–H and O–H groups in total. The van der Waals surface area contributed by atoms with Crippen molar-refractivity contribution in [3.05, 3.63) is 48.0 Å². The van der Waals surface area contributed by atoms with Crippen molar-refractivity contribution in [3.8, 4) is 5.75 Å². The highest BCUT2D eigenvalue weighted by molar-refractivity contribution is 5.26. The fourth-order valence-electron chi connectivity index (χ4n) is 3.06. The summed E-state index contributed by atoms with van der Waals surface area (Å²) in [5.41, 5.74) is 1.20. The Morgan fingerprint density at radius 1 is 1.12 bits per heavy atom. The molecule has 3 rings (SSSR count). The van der Waals surface area contributed by atoms with Gasteiger partial charge in [-0.2, -0.15) is 0 Å². The van der Waals surface area contributed by atoms with Crippen LogP contribution in [-0.2, 0) is 13.6 Å². The van der Waals surface area contributed by atoms with Gasteiger partial charge in [0.2, 0.25) is 0 Å². The number of aliphatic hydroxyl groups excluding tert-OH is 1. The first-order valence-electron chi connectivity index (χ1n) is 8.88. The van der Waals surface area contributed by atoms with E-state index in [1.807, 2.05) is 50.6 Å². The van der Waals surface area contributed by atoms with E-state index in [1.165, 1.54) is 5.56 Å². The number of hydrogen-bond donors (Lipinski definition) is 1. The van der Waals surface area contributed by atoms with Gasteiger partial charge in [0.1, 0.15) is 24.3 Å². The molecule has 0 spiro atoms. The first kappa shape index (κ1) is 17.9. The summed E-state index contributed by atoms with van der Waals surface area (Å²) in [4.78, 5) is 9.10. The van der Waals surface area contributed by atoms with Crippen LogP contribution >= 0.6 is 0 Å². The molecule has 0 radical (unpaired) electrons. The molecule has 2 aromatic rings. The Labute approximate surface area is 149 Å². The third kappa shape index (κ3) is 5.29. The van der Waals surface area contributed by atoms with Crippen LogP contribution in [0.5, 0.6) is 5.75 Å². The maximum Gasteiger partial charge on any atom is 0.122 e. The lowest BCUT2D eigenvalue weighted by atomic mass is 10.2. The first-order chi connectivity index (χ1) is 12.1. The Bertz CT molecular complexity index is 648. The van der Waals surface area contributed by atoms with E-state index in [0.717, 1.165) is 44.3 Å². The number of β-amino-alcohol motifs (C(OH)–C–C–N with tert-alkyl or cyclic N) is 1. The van der Waals surface area contributed by atoms with Crippen LogP contribution in [0.2, 0.25) is 0 Å². The van der Waals surface area contributed by atoms with Crippen molar-refractivity contribution in [2.45, 2.75) is 19.6 Å². The minimum absolute atomic E-state index is 0.330. The third-order valence-electron chi connectivity index (χ3n) is 4.68. The molecule has 1 aromatic carbocycles. The molecule has 25 heavy (non-hydrogen) atoms. The molecule has 1 fully saturated rings. The van der Waals surface area contributed by atoms with E-state index in [-0.39, 0.29) is 0 Å². The van der Waals surface area contributed by atoms with Crippen molar-refractivity contribution < 1.29 is 9.84 Å². The van der Waals surface area contributed by atoms with E-state index < -0.39 is 6.10 Å². The molecule has 0 bridgehead atoms. The summed E-state index contributed by atoms with van der Waals surface area (Å²) in [6.07, 6.45) is 3.36. The molecular weight excluding hydrogens is 316 g/mol. The number of imidazole rings is 1. The summed E-state index contributed by atoms with van der Waals surface area (Å²) in [5.74, 6) is 1.91. The second kappa shape index (κ2) is 8.47. The Morgan fingerprint density at radius 3 is 2.44 bits per heavy atom. The molecule has 1 saturated heterocycles. The molecule has 1 aliphatic heterocycles. The summed E-state index contributed by atoms with van der Waals surface area (Å²) in [6, 6.07) is 7.92. The molecule has 0 saturated carbocycles. The average molecular weight is 344 g/mol. The van der Waals surface area contributed by atoms with Gasteiger partial charge in [-0.25, -0.2) is 4.98 Å². The first-order valence-corrected chi connectivity index (χ1v) is 8.88. The number of piperazine rings is 1. The van der Waals surface area contributed by atoms with Crippen LogP contribution in [-0.4, -0.2) is 69.9 Å². The number of ether oxygens (including phenoxy) is 1. The van der Waals surface area contributed by atoms with Crippen LogP contribution in [0.25, 0.3) is 0 Å². The summed E-state index contributed by atoms with van der Waals surface area (Å²) < 4.78 is 7.74. The molecule has 1 aromatic heterocycles. The zero-order valence-electron chi connectivity index (χ0n) is 15.1. The number of rotatable bonds is 7. The van der Waals surface area contributed by atoms with E-state index in [9.17, 15) is 5.11 Å². The third-order valence-corrected chi connectivity index (χ3v) is 4.68. The highest BCUT2D eigenvalue weighted by atomic mass is 16.5. The quantitative estimate of drug-likeness (QED) is 0.820. The van der Waals surface area contributed by atoms with Crippen LogP contribution in [0.15, 0.2) is 36.7 Å². The highest BCUT2D eigenvalue weighted by Crippen LogP contribution is 2.12. The van der Waals surface area contributed by atoms with E-state index in [0.29, 0.717) is 13.2 Å². The predicted octanol–water partition coefficient (Wildman–Crippen LogP) is 1.29. The van der Waals surface area contributed by atoms with Gasteiger partial charge >= 0.3 is 0 Å². The van der Waals surface area contributed by atoms with Crippen LogP contribution in [0.3, 0.4) is 0 Å². The van der Waals surface area contributed by atoms with Crippen molar-refractivity contribution in [1.29, 1.82) is 0 Å².